The molecule has 0 radical (unpaired) electrons. The summed E-state index contributed by atoms with van der Waals surface area (Å²) in [7, 11) is 0. The first-order valence-electron chi connectivity index (χ1n) is 7.77. The van der Waals surface area contributed by atoms with Crippen molar-refractivity contribution in [3.05, 3.63) is 41.1 Å². The van der Waals surface area contributed by atoms with Crippen LogP contribution in [0.25, 0.3) is 10.9 Å². The highest BCUT2D eigenvalue weighted by Crippen LogP contribution is 2.55. The monoisotopic (exact) mass is 280 g/mol. The van der Waals surface area contributed by atoms with Gasteiger partial charge in [-0.3, -0.25) is 9.78 Å². The number of amides is 1. The molecule has 2 aromatic rings. The maximum atomic E-state index is 11.3. The maximum Gasteiger partial charge on any atom is 0.248 e. The number of hydrogen-bond acceptors (Lipinski definition) is 2. The van der Waals surface area contributed by atoms with Gasteiger partial charge in [0, 0.05) is 16.6 Å². The standard InChI is InChI=1S/C18H20N2O/c1-18(6-7-18)14-3-5-16-13(10-14)9-12-8-11(17(19)21)2-4-15(12)20-16/h2,4,8-9,14H,3,5-7,10H2,1H3,(H2,19,21). The molecule has 2 aliphatic carbocycles. The van der Waals surface area contributed by atoms with E-state index in [0.717, 1.165) is 29.7 Å². The number of pyridine rings is 1. The third-order valence-electron chi connectivity index (χ3n) is 5.49. The molecule has 1 atom stereocenters. The number of aromatic nitrogens is 1. The smallest absolute Gasteiger partial charge is 0.248 e. The summed E-state index contributed by atoms with van der Waals surface area (Å²) in [4.78, 5) is 16.1. The van der Waals surface area contributed by atoms with Gasteiger partial charge in [-0.15, -0.1) is 0 Å². The molecule has 108 valence electrons. The van der Waals surface area contributed by atoms with Crippen LogP contribution in [0.3, 0.4) is 0 Å². The molecule has 0 saturated heterocycles. The first-order valence-corrected chi connectivity index (χ1v) is 7.77. The maximum absolute atomic E-state index is 11.3. The van der Waals surface area contributed by atoms with E-state index in [4.69, 9.17) is 10.7 Å². The number of rotatable bonds is 2. The number of primary amides is 1. The van der Waals surface area contributed by atoms with Crippen molar-refractivity contribution < 1.29 is 4.79 Å². The van der Waals surface area contributed by atoms with Crippen LogP contribution in [0.15, 0.2) is 24.3 Å². The summed E-state index contributed by atoms with van der Waals surface area (Å²) in [5, 5.41) is 1.03. The van der Waals surface area contributed by atoms with E-state index in [9.17, 15) is 4.79 Å². The van der Waals surface area contributed by atoms with Gasteiger partial charge in [0.15, 0.2) is 0 Å². The lowest BCUT2D eigenvalue weighted by Gasteiger charge is -2.29. The van der Waals surface area contributed by atoms with Gasteiger partial charge in [-0.1, -0.05) is 6.92 Å². The molecule has 3 heteroatoms. The zero-order valence-electron chi connectivity index (χ0n) is 12.4. The largest absolute Gasteiger partial charge is 0.366 e. The molecule has 21 heavy (non-hydrogen) atoms. The lowest BCUT2D eigenvalue weighted by Crippen LogP contribution is -2.22. The highest BCUT2D eigenvalue weighted by atomic mass is 16.1. The Kier molecular flexibility index (Phi) is 2.62. The van der Waals surface area contributed by atoms with Gasteiger partial charge in [0.2, 0.25) is 5.91 Å². The van der Waals surface area contributed by atoms with Crippen molar-refractivity contribution in [2.75, 3.05) is 0 Å². The van der Waals surface area contributed by atoms with Crippen LogP contribution in [0.2, 0.25) is 0 Å². The summed E-state index contributed by atoms with van der Waals surface area (Å²) in [6.45, 7) is 2.42. The first kappa shape index (κ1) is 12.8. The van der Waals surface area contributed by atoms with Gasteiger partial charge in [-0.25, -0.2) is 0 Å². The van der Waals surface area contributed by atoms with E-state index in [1.54, 1.807) is 6.07 Å². The van der Waals surface area contributed by atoms with E-state index >= 15 is 0 Å². The van der Waals surface area contributed by atoms with E-state index in [-0.39, 0.29) is 5.91 Å². The third kappa shape index (κ3) is 2.11. The Morgan fingerprint density at radius 1 is 1.33 bits per heavy atom. The third-order valence-corrected chi connectivity index (χ3v) is 5.49. The molecule has 4 rings (SSSR count). The predicted octanol–water partition coefficient (Wildman–Crippen LogP) is 3.24. The van der Waals surface area contributed by atoms with Crippen LogP contribution in [0.4, 0.5) is 0 Å². The number of nitrogens with two attached hydrogens (primary N) is 1. The quantitative estimate of drug-likeness (QED) is 0.918. The van der Waals surface area contributed by atoms with Crippen LogP contribution < -0.4 is 5.73 Å². The molecule has 3 nitrogen and oxygen atoms in total. The Bertz CT molecular complexity index is 746. The highest BCUT2D eigenvalue weighted by molar-refractivity contribution is 5.97. The molecule has 1 saturated carbocycles. The highest BCUT2D eigenvalue weighted by Gasteiger charge is 2.45. The van der Waals surface area contributed by atoms with E-state index in [2.05, 4.69) is 13.0 Å². The van der Waals surface area contributed by atoms with Crippen molar-refractivity contribution in [3.8, 4) is 0 Å². The fourth-order valence-electron chi connectivity index (χ4n) is 3.69. The van der Waals surface area contributed by atoms with E-state index < -0.39 is 0 Å². The number of carbonyl (C=O) groups excluding carboxylic acids is 1. The van der Waals surface area contributed by atoms with Crippen LogP contribution in [-0.4, -0.2) is 10.9 Å². The van der Waals surface area contributed by atoms with Crippen molar-refractivity contribution in [1.29, 1.82) is 0 Å². The van der Waals surface area contributed by atoms with Gasteiger partial charge in [0.05, 0.1) is 5.52 Å². The lowest BCUT2D eigenvalue weighted by atomic mass is 9.77. The van der Waals surface area contributed by atoms with Crippen molar-refractivity contribution >= 4 is 16.8 Å². The normalized spacial score (nSPS) is 22.8. The summed E-state index contributed by atoms with van der Waals surface area (Å²) in [5.74, 6) is 0.418. The second-order valence-corrected chi connectivity index (χ2v) is 6.96. The number of nitrogens with zero attached hydrogens (tertiary/aromatic N) is 1. The van der Waals surface area contributed by atoms with Crippen molar-refractivity contribution in [2.45, 2.75) is 39.0 Å². The molecule has 1 amide bonds. The molecule has 2 N–H and O–H groups in total. The summed E-state index contributed by atoms with van der Waals surface area (Å²) in [5.41, 5.74) is 10.1. The van der Waals surface area contributed by atoms with Crippen LogP contribution in [0, 0.1) is 11.3 Å². The molecule has 0 spiro atoms. The average molecular weight is 280 g/mol. The topological polar surface area (TPSA) is 56.0 Å². The SMILES string of the molecule is CC1(C2CCc3nc4ccc(C(N)=O)cc4cc3C2)CC1. The van der Waals surface area contributed by atoms with E-state index in [1.165, 1.54) is 30.5 Å². The molecule has 0 aliphatic heterocycles. The minimum atomic E-state index is -0.377. The molecule has 1 unspecified atom stereocenters. The molecule has 0 bridgehead atoms. The number of benzene rings is 1. The van der Waals surface area contributed by atoms with Crippen LogP contribution in [-0.2, 0) is 12.8 Å². The van der Waals surface area contributed by atoms with E-state index in [0.29, 0.717) is 11.0 Å². The van der Waals surface area contributed by atoms with Crippen molar-refractivity contribution in [1.82, 2.24) is 4.98 Å². The Morgan fingerprint density at radius 2 is 2.14 bits per heavy atom. The number of fused-ring (bicyclic) bond motifs is 2. The molecule has 1 heterocycles. The van der Waals surface area contributed by atoms with Gasteiger partial charge < -0.3 is 5.73 Å². The second kappa shape index (κ2) is 4.30. The Morgan fingerprint density at radius 3 is 2.86 bits per heavy atom. The molecule has 1 aromatic carbocycles. The number of aryl methyl sites for hydroxylation is 1. The molecule has 1 aromatic heterocycles. The predicted molar refractivity (Wildman–Crippen MR) is 83.1 cm³/mol. The number of hydrogen-bond donors (Lipinski definition) is 1. The zero-order valence-corrected chi connectivity index (χ0v) is 12.4. The van der Waals surface area contributed by atoms with Crippen LogP contribution >= 0.6 is 0 Å². The number of carbonyl (C=O) groups is 1. The fourth-order valence-corrected chi connectivity index (χ4v) is 3.69. The van der Waals surface area contributed by atoms with Crippen molar-refractivity contribution in [3.63, 3.8) is 0 Å². The Balaban J connectivity index is 1.76. The first-order chi connectivity index (χ1) is 10.0. The lowest BCUT2D eigenvalue weighted by molar-refractivity contribution is 0.100. The minimum Gasteiger partial charge on any atom is -0.366 e. The van der Waals surface area contributed by atoms with Gasteiger partial charge in [0.25, 0.3) is 0 Å². The molecular weight excluding hydrogens is 260 g/mol. The van der Waals surface area contributed by atoms with Gasteiger partial charge in [0.1, 0.15) is 0 Å². The van der Waals surface area contributed by atoms with Crippen LogP contribution in [0.1, 0.15) is 47.8 Å². The Labute approximate surface area is 124 Å². The molecule has 2 aliphatic rings. The summed E-state index contributed by atoms with van der Waals surface area (Å²) >= 11 is 0. The van der Waals surface area contributed by atoms with E-state index in [1.807, 2.05) is 12.1 Å². The van der Waals surface area contributed by atoms with Crippen LogP contribution in [0.5, 0.6) is 0 Å². The average Bonchev–Trinajstić information content (AvgIpc) is 3.23. The van der Waals surface area contributed by atoms with Gasteiger partial charge in [-0.05, 0) is 73.3 Å². The fraction of sp³-hybridized carbons (Fsp3) is 0.444. The summed E-state index contributed by atoms with van der Waals surface area (Å²) in [6, 6.07) is 7.76. The summed E-state index contributed by atoms with van der Waals surface area (Å²) < 4.78 is 0. The Hall–Kier alpha value is -1.90. The zero-order chi connectivity index (χ0) is 14.6. The van der Waals surface area contributed by atoms with Crippen molar-refractivity contribution in [2.24, 2.45) is 17.1 Å². The molecular formula is C18H20N2O. The minimum absolute atomic E-state index is 0.377. The van der Waals surface area contributed by atoms with Gasteiger partial charge in [-0.2, -0.15) is 0 Å². The molecule has 1 fully saturated rings. The second-order valence-electron chi connectivity index (χ2n) is 6.96. The summed E-state index contributed by atoms with van der Waals surface area (Å²) in [6.07, 6.45) is 6.24. The van der Waals surface area contributed by atoms with Gasteiger partial charge >= 0.3 is 0 Å².